The van der Waals surface area contributed by atoms with Gasteiger partial charge >= 0.3 is 5.97 Å². The Balaban J connectivity index is 1.83. The average Bonchev–Trinajstić information content (AvgIpc) is 2.71. The third-order valence-electron chi connectivity index (χ3n) is 4.50. The van der Waals surface area contributed by atoms with E-state index in [1.807, 2.05) is 45.9 Å². The summed E-state index contributed by atoms with van der Waals surface area (Å²) in [6.07, 6.45) is 1.79. The number of carbonyl (C=O) groups excluding carboxylic acids is 1. The Morgan fingerprint density at radius 2 is 1.77 bits per heavy atom. The van der Waals surface area contributed by atoms with Crippen LogP contribution in [-0.4, -0.2) is 18.7 Å². The van der Waals surface area contributed by atoms with Gasteiger partial charge in [0, 0.05) is 6.07 Å². The summed E-state index contributed by atoms with van der Waals surface area (Å²) in [7, 11) is 0. The molecule has 1 aromatic heterocycles. The van der Waals surface area contributed by atoms with Crippen molar-refractivity contribution in [3.05, 3.63) is 64.0 Å². The lowest BCUT2D eigenvalue weighted by Gasteiger charge is -2.16. The molecule has 0 amide bonds. The van der Waals surface area contributed by atoms with Gasteiger partial charge in [0.2, 0.25) is 11.2 Å². The van der Waals surface area contributed by atoms with Crippen molar-refractivity contribution in [3.8, 4) is 17.2 Å². The summed E-state index contributed by atoms with van der Waals surface area (Å²) in [5.41, 5.74) is 2.15. The Labute approximate surface area is 175 Å². The molecule has 0 radical (unpaired) electrons. The first kappa shape index (κ1) is 21.4. The molecule has 0 saturated carbocycles. The molecule has 0 fully saturated rings. The molecule has 6 heteroatoms. The van der Waals surface area contributed by atoms with Crippen LogP contribution in [-0.2, 0) is 9.53 Å². The summed E-state index contributed by atoms with van der Waals surface area (Å²) in [4.78, 5) is 24.9. The number of fused-ring (bicyclic) bond motifs is 1. The van der Waals surface area contributed by atoms with Crippen LogP contribution in [0.4, 0.5) is 0 Å². The van der Waals surface area contributed by atoms with Gasteiger partial charge in [0.15, 0.2) is 6.10 Å². The maximum absolute atomic E-state index is 12.8. The number of esters is 1. The Bertz CT molecular complexity index is 1080. The van der Waals surface area contributed by atoms with Gasteiger partial charge in [-0.15, -0.1) is 0 Å². The minimum absolute atomic E-state index is 0.107. The Hall–Kier alpha value is -3.28. The molecule has 6 nitrogen and oxygen atoms in total. The Kier molecular flexibility index (Phi) is 6.77. The van der Waals surface area contributed by atoms with Crippen molar-refractivity contribution in [1.82, 2.24) is 0 Å². The topological polar surface area (TPSA) is 75.0 Å². The number of carbonyl (C=O) groups is 1. The first-order chi connectivity index (χ1) is 14.4. The second-order valence-corrected chi connectivity index (χ2v) is 7.19. The summed E-state index contributed by atoms with van der Waals surface area (Å²) >= 11 is 0. The maximum atomic E-state index is 12.8. The first-order valence-electron chi connectivity index (χ1n) is 10.1. The fourth-order valence-corrected chi connectivity index (χ4v) is 3.11. The molecule has 158 valence electrons. The zero-order valence-corrected chi connectivity index (χ0v) is 17.7. The highest BCUT2D eigenvalue weighted by Crippen LogP contribution is 2.26. The zero-order valence-electron chi connectivity index (χ0n) is 17.7. The van der Waals surface area contributed by atoms with Gasteiger partial charge in [-0.2, -0.15) is 0 Å². The molecule has 0 N–H and O–H groups in total. The number of hydrogen-bond acceptors (Lipinski definition) is 6. The van der Waals surface area contributed by atoms with E-state index in [9.17, 15) is 9.59 Å². The fourth-order valence-electron chi connectivity index (χ4n) is 3.11. The minimum Gasteiger partial charge on any atom is -0.479 e. The minimum atomic E-state index is -0.715. The number of rotatable bonds is 8. The third-order valence-corrected chi connectivity index (χ3v) is 4.50. The average molecular weight is 410 g/mol. The van der Waals surface area contributed by atoms with Gasteiger partial charge in [0.1, 0.15) is 23.3 Å². The highest BCUT2D eigenvalue weighted by atomic mass is 16.6. The molecule has 1 heterocycles. The van der Waals surface area contributed by atoms with Gasteiger partial charge in [-0.05, 0) is 62.1 Å². The summed E-state index contributed by atoms with van der Waals surface area (Å²) < 4.78 is 22.3. The van der Waals surface area contributed by atoms with Gasteiger partial charge in [-0.25, -0.2) is 4.79 Å². The van der Waals surface area contributed by atoms with E-state index in [0.29, 0.717) is 35.5 Å². The van der Waals surface area contributed by atoms with Crippen molar-refractivity contribution in [3.63, 3.8) is 0 Å². The SMILES string of the molecule is CCCOC(=O)C(CC)Oc1ccc2c(=O)c(Oc3cc(C)cc(C)c3)coc2c1. The van der Waals surface area contributed by atoms with E-state index < -0.39 is 12.1 Å². The van der Waals surface area contributed by atoms with Crippen LogP contribution in [0.1, 0.15) is 37.8 Å². The lowest BCUT2D eigenvalue weighted by atomic mass is 10.1. The second-order valence-electron chi connectivity index (χ2n) is 7.19. The smallest absolute Gasteiger partial charge is 0.347 e. The van der Waals surface area contributed by atoms with E-state index in [1.54, 1.807) is 18.2 Å². The molecule has 0 aliphatic heterocycles. The molecule has 0 aliphatic rings. The lowest BCUT2D eigenvalue weighted by molar-refractivity contribution is -0.152. The summed E-state index contributed by atoms with van der Waals surface area (Å²) in [5.74, 6) is 0.707. The van der Waals surface area contributed by atoms with E-state index in [4.69, 9.17) is 18.6 Å². The largest absolute Gasteiger partial charge is 0.479 e. The van der Waals surface area contributed by atoms with Crippen LogP contribution in [0.15, 0.2) is 51.9 Å². The molecule has 2 aromatic carbocycles. The van der Waals surface area contributed by atoms with Crippen molar-refractivity contribution in [2.75, 3.05) is 6.61 Å². The van der Waals surface area contributed by atoms with E-state index >= 15 is 0 Å². The third kappa shape index (κ3) is 5.00. The maximum Gasteiger partial charge on any atom is 0.347 e. The number of ether oxygens (including phenoxy) is 3. The van der Waals surface area contributed by atoms with Gasteiger partial charge in [0.05, 0.1) is 12.0 Å². The Morgan fingerprint density at radius 3 is 2.43 bits per heavy atom. The highest BCUT2D eigenvalue weighted by Gasteiger charge is 2.20. The monoisotopic (exact) mass is 410 g/mol. The first-order valence-corrected chi connectivity index (χ1v) is 10.1. The Morgan fingerprint density at radius 1 is 1.03 bits per heavy atom. The van der Waals surface area contributed by atoms with Crippen molar-refractivity contribution in [2.45, 2.75) is 46.6 Å². The van der Waals surface area contributed by atoms with Crippen LogP contribution in [0.5, 0.6) is 17.2 Å². The van der Waals surface area contributed by atoms with Crippen LogP contribution >= 0.6 is 0 Å². The molecule has 30 heavy (non-hydrogen) atoms. The molecule has 1 atom stereocenters. The fraction of sp³-hybridized carbons (Fsp3) is 0.333. The zero-order chi connectivity index (χ0) is 21.7. The number of benzene rings is 2. The van der Waals surface area contributed by atoms with Crippen LogP contribution in [0.3, 0.4) is 0 Å². The van der Waals surface area contributed by atoms with Crippen LogP contribution in [0, 0.1) is 13.8 Å². The molecule has 1 unspecified atom stereocenters. The van der Waals surface area contributed by atoms with Crippen LogP contribution in [0.25, 0.3) is 11.0 Å². The highest BCUT2D eigenvalue weighted by molar-refractivity contribution is 5.79. The molecule has 0 saturated heterocycles. The van der Waals surface area contributed by atoms with Crippen molar-refractivity contribution in [2.24, 2.45) is 0 Å². The molecular weight excluding hydrogens is 384 g/mol. The predicted octanol–water partition coefficient (Wildman–Crippen LogP) is 5.31. The van der Waals surface area contributed by atoms with Gasteiger partial charge < -0.3 is 18.6 Å². The van der Waals surface area contributed by atoms with E-state index in [1.165, 1.54) is 6.26 Å². The lowest BCUT2D eigenvalue weighted by Crippen LogP contribution is -2.28. The van der Waals surface area contributed by atoms with Crippen LogP contribution < -0.4 is 14.9 Å². The summed E-state index contributed by atoms with van der Waals surface area (Å²) in [6, 6.07) is 10.6. The predicted molar refractivity (Wildman–Crippen MR) is 114 cm³/mol. The summed E-state index contributed by atoms with van der Waals surface area (Å²) in [6.45, 7) is 8.06. The van der Waals surface area contributed by atoms with Crippen LogP contribution in [0.2, 0.25) is 0 Å². The molecular formula is C24H26O6. The molecule has 3 aromatic rings. The standard InChI is InChI=1S/C24H26O6/c1-5-9-27-24(26)20(6-2)29-17-7-8-19-21(13-17)28-14-22(23(19)25)30-18-11-15(3)10-16(4)12-18/h7-8,10-14,20H,5-6,9H2,1-4H3. The van der Waals surface area contributed by atoms with E-state index in [2.05, 4.69) is 0 Å². The second kappa shape index (κ2) is 9.48. The van der Waals surface area contributed by atoms with Gasteiger partial charge in [0.25, 0.3) is 0 Å². The number of hydrogen-bond donors (Lipinski definition) is 0. The summed E-state index contributed by atoms with van der Waals surface area (Å²) in [5, 5.41) is 0.367. The van der Waals surface area contributed by atoms with Gasteiger partial charge in [-0.1, -0.05) is 19.9 Å². The molecule has 0 bridgehead atoms. The quantitative estimate of drug-likeness (QED) is 0.468. The van der Waals surface area contributed by atoms with E-state index in [0.717, 1.165) is 17.5 Å². The molecule has 0 spiro atoms. The number of aryl methyl sites for hydroxylation is 2. The van der Waals surface area contributed by atoms with E-state index in [-0.39, 0.29) is 11.2 Å². The molecule has 3 rings (SSSR count). The van der Waals surface area contributed by atoms with Crippen molar-refractivity contribution < 1.29 is 23.4 Å². The normalized spacial score (nSPS) is 11.9. The van der Waals surface area contributed by atoms with Crippen molar-refractivity contribution >= 4 is 16.9 Å². The van der Waals surface area contributed by atoms with Gasteiger partial charge in [-0.3, -0.25) is 4.79 Å². The molecule has 0 aliphatic carbocycles. The van der Waals surface area contributed by atoms with Crippen molar-refractivity contribution in [1.29, 1.82) is 0 Å².